The van der Waals surface area contributed by atoms with Gasteiger partial charge in [-0.15, -0.1) is 0 Å². The van der Waals surface area contributed by atoms with Gasteiger partial charge in [-0.1, -0.05) is 28.1 Å². The molecule has 3 aromatic carbocycles. The van der Waals surface area contributed by atoms with Gasteiger partial charge in [0.25, 0.3) is 5.91 Å². The van der Waals surface area contributed by atoms with Crippen molar-refractivity contribution in [3.05, 3.63) is 94.2 Å². The maximum Gasteiger partial charge on any atom is 0.255 e. The van der Waals surface area contributed by atoms with E-state index in [1.54, 1.807) is 12.1 Å². The third-order valence-electron chi connectivity index (χ3n) is 3.54. The van der Waals surface area contributed by atoms with Crippen LogP contribution in [0.2, 0.25) is 0 Å². The number of anilines is 1. The third kappa shape index (κ3) is 4.90. The van der Waals surface area contributed by atoms with Crippen LogP contribution in [0.5, 0.6) is 5.75 Å². The molecule has 126 valence electrons. The van der Waals surface area contributed by atoms with Gasteiger partial charge in [-0.3, -0.25) is 4.79 Å². The number of nitrogens with one attached hydrogen (secondary N) is 1. The number of benzene rings is 3. The molecule has 1 N–H and O–H groups in total. The average molecular weight is 400 g/mol. The van der Waals surface area contributed by atoms with Crippen LogP contribution in [0.25, 0.3) is 0 Å². The molecule has 0 fully saturated rings. The van der Waals surface area contributed by atoms with Crippen molar-refractivity contribution in [1.82, 2.24) is 0 Å². The quantitative estimate of drug-likeness (QED) is 0.621. The summed E-state index contributed by atoms with van der Waals surface area (Å²) in [4.78, 5) is 12.2. The molecule has 0 radical (unpaired) electrons. The Balaban J connectivity index is 1.58. The number of amides is 1. The average Bonchev–Trinajstić information content (AvgIpc) is 2.63. The van der Waals surface area contributed by atoms with E-state index in [0.29, 0.717) is 17.9 Å². The van der Waals surface area contributed by atoms with Gasteiger partial charge in [0.2, 0.25) is 0 Å². The van der Waals surface area contributed by atoms with Crippen molar-refractivity contribution >= 4 is 27.5 Å². The second kappa shape index (κ2) is 7.94. The fourth-order valence-electron chi connectivity index (χ4n) is 2.19. The summed E-state index contributed by atoms with van der Waals surface area (Å²) in [5.41, 5.74) is 2.03. The fraction of sp³-hybridized carbons (Fsp3) is 0.0500. The van der Waals surface area contributed by atoms with Gasteiger partial charge < -0.3 is 10.1 Å². The highest BCUT2D eigenvalue weighted by molar-refractivity contribution is 9.10. The Labute approximate surface area is 153 Å². The van der Waals surface area contributed by atoms with Gasteiger partial charge in [0, 0.05) is 15.7 Å². The number of hydrogen-bond donors (Lipinski definition) is 1. The van der Waals surface area contributed by atoms with Gasteiger partial charge in [-0.2, -0.15) is 0 Å². The van der Waals surface area contributed by atoms with E-state index in [4.69, 9.17) is 4.74 Å². The summed E-state index contributed by atoms with van der Waals surface area (Å²) in [5, 5.41) is 2.73. The van der Waals surface area contributed by atoms with E-state index < -0.39 is 0 Å². The summed E-state index contributed by atoms with van der Waals surface area (Å²) in [6.07, 6.45) is 0. The minimum absolute atomic E-state index is 0.244. The number of hydrogen-bond acceptors (Lipinski definition) is 2. The Bertz CT molecular complexity index is 846. The first kappa shape index (κ1) is 17.2. The van der Waals surface area contributed by atoms with Gasteiger partial charge in [0.15, 0.2) is 0 Å². The highest BCUT2D eigenvalue weighted by Gasteiger charge is 2.06. The topological polar surface area (TPSA) is 38.3 Å². The Hall–Kier alpha value is -2.66. The van der Waals surface area contributed by atoms with Crippen LogP contribution in [-0.4, -0.2) is 5.91 Å². The van der Waals surface area contributed by atoms with Crippen molar-refractivity contribution in [3.8, 4) is 5.75 Å². The molecule has 0 aliphatic heterocycles. The Kier molecular flexibility index (Phi) is 5.46. The smallest absolute Gasteiger partial charge is 0.255 e. The highest BCUT2D eigenvalue weighted by Crippen LogP contribution is 2.18. The molecule has 5 heteroatoms. The summed E-state index contributed by atoms with van der Waals surface area (Å²) in [6, 6.07) is 20.4. The molecule has 0 aliphatic rings. The minimum Gasteiger partial charge on any atom is -0.489 e. The van der Waals surface area contributed by atoms with Crippen molar-refractivity contribution in [2.75, 3.05) is 5.32 Å². The molecule has 0 saturated carbocycles. The molecule has 1 amide bonds. The molecule has 3 nitrogen and oxygen atoms in total. The molecule has 0 aliphatic carbocycles. The fourth-order valence-corrected chi connectivity index (χ4v) is 2.45. The van der Waals surface area contributed by atoms with Gasteiger partial charge in [0.05, 0.1) is 0 Å². The number of carbonyl (C=O) groups is 1. The third-order valence-corrected chi connectivity index (χ3v) is 4.07. The number of halogens is 2. The summed E-state index contributed by atoms with van der Waals surface area (Å²) in [7, 11) is 0. The van der Waals surface area contributed by atoms with Crippen molar-refractivity contribution in [3.63, 3.8) is 0 Å². The first-order valence-electron chi connectivity index (χ1n) is 7.64. The molecule has 3 aromatic rings. The molecule has 3 rings (SSSR count). The van der Waals surface area contributed by atoms with Crippen LogP contribution in [0.4, 0.5) is 10.1 Å². The largest absolute Gasteiger partial charge is 0.489 e. The minimum atomic E-state index is -0.340. The van der Waals surface area contributed by atoms with Crippen LogP contribution in [0, 0.1) is 5.82 Å². The zero-order valence-electron chi connectivity index (χ0n) is 13.2. The maximum absolute atomic E-state index is 12.9. The van der Waals surface area contributed by atoms with Crippen LogP contribution in [0.1, 0.15) is 15.9 Å². The van der Waals surface area contributed by atoms with Gasteiger partial charge in [0.1, 0.15) is 18.2 Å². The summed E-state index contributed by atoms with van der Waals surface area (Å²) in [6.45, 7) is 0.418. The second-order valence-corrected chi connectivity index (χ2v) is 6.32. The van der Waals surface area contributed by atoms with E-state index in [1.807, 2.05) is 36.4 Å². The second-order valence-electron chi connectivity index (χ2n) is 5.40. The van der Waals surface area contributed by atoms with Gasteiger partial charge >= 0.3 is 0 Å². The lowest BCUT2D eigenvalue weighted by Crippen LogP contribution is -2.11. The predicted molar refractivity (Wildman–Crippen MR) is 99.3 cm³/mol. The van der Waals surface area contributed by atoms with Crippen LogP contribution in [0.3, 0.4) is 0 Å². The van der Waals surface area contributed by atoms with Crippen molar-refractivity contribution in [2.24, 2.45) is 0 Å². The van der Waals surface area contributed by atoms with Gasteiger partial charge in [-0.05, 0) is 66.2 Å². The summed E-state index contributed by atoms with van der Waals surface area (Å²) in [5.74, 6) is 0.196. The SMILES string of the molecule is O=C(Nc1ccc(F)cc1)c1ccc(COc2ccc(Br)cc2)cc1. The molecule has 25 heavy (non-hydrogen) atoms. The van der Waals surface area contributed by atoms with E-state index in [2.05, 4.69) is 21.2 Å². The lowest BCUT2D eigenvalue weighted by atomic mass is 10.1. The number of rotatable bonds is 5. The Morgan fingerprint density at radius 3 is 2.20 bits per heavy atom. The van der Waals surface area contributed by atoms with Crippen LogP contribution < -0.4 is 10.1 Å². The molecular weight excluding hydrogens is 385 g/mol. The van der Waals surface area contributed by atoms with E-state index in [9.17, 15) is 9.18 Å². The number of ether oxygens (including phenoxy) is 1. The lowest BCUT2D eigenvalue weighted by molar-refractivity contribution is 0.102. The normalized spacial score (nSPS) is 10.3. The first-order valence-corrected chi connectivity index (χ1v) is 8.44. The van der Waals surface area contributed by atoms with E-state index >= 15 is 0 Å². The van der Waals surface area contributed by atoms with Crippen molar-refractivity contribution < 1.29 is 13.9 Å². The maximum atomic E-state index is 12.9. The predicted octanol–water partition coefficient (Wildman–Crippen LogP) is 5.42. The zero-order valence-corrected chi connectivity index (χ0v) is 14.8. The first-order chi connectivity index (χ1) is 12.1. The van der Waals surface area contributed by atoms with E-state index in [0.717, 1.165) is 15.8 Å². The molecule has 0 atom stereocenters. The van der Waals surface area contributed by atoms with Crippen molar-refractivity contribution in [1.29, 1.82) is 0 Å². The van der Waals surface area contributed by atoms with Crippen LogP contribution in [-0.2, 0) is 6.61 Å². The summed E-state index contributed by atoms with van der Waals surface area (Å²) < 4.78 is 19.6. The van der Waals surface area contributed by atoms with Crippen molar-refractivity contribution in [2.45, 2.75) is 6.61 Å². The highest BCUT2D eigenvalue weighted by atomic mass is 79.9. The van der Waals surface area contributed by atoms with Crippen LogP contribution in [0.15, 0.2) is 77.3 Å². The molecule has 0 aromatic heterocycles. The molecule has 0 spiro atoms. The Morgan fingerprint density at radius 1 is 0.920 bits per heavy atom. The standard InChI is InChI=1S/C20H15BrFNO2/c21-16-5-11-19(12-6-16)25-13-14-1-3-15(4-2-14)20(24)23-18-9-7-17(22)8-10-18/h1-12H,13H2,(H,23,24). The monoisotopic (exact) mass is 399 g/mol. The molecule has 0 heterocycles. The van der Waals surface area contributed by atoms with Crippen LogP contribution >= 0.6 is 15.9 Å². The molecular formula is C20H15BrFNO2. The number of carbonyl (C=O) groups excluding carboxylic acids is 1. The van der Waals surface area contributed by atoms with Gasteiger partial charge in [-0.25, -0.2) is 4.39 Å². The molecule has 0 unspecified atom stereocenters. The van der Waals surface area contributed by atoms with E-state index in [1.165, 1.54) is 24.3 Å². The molecule has 0 bridgehead atoms. The lowest BCUT2D eigenvalue weighted by Gasteiger charge is -2.08. The zero-order chi connectivity index (χ0) is 17.6. The Morgan fingerprint density at radius 2 is 1.56 bits per heavy atom. The molecule has 0 saturated heterocycles. The van der Waals surface area contributed by atoms with E-state index in [-0.39, 0.29) is 11.7 Å². The summed E-state index contributed by atoms with van der Waals surface area (Å²) >= 11 is 3.38.